The smallest absolute Gasteiger partial charge is 0.165 e. The summed E-state index contributed by atoms with van der Waals surface area (Å²) in [6.07, 6.45) is 1.05. The Morgan fingerprint density at radius 2 is 1.95 bits per heavy atom. The Morgan fingerprint density at radius 3 is 2.70 bits per heavy atom. The molecule has 1 N–H and O–H groups in total. The van der Waals surface area contributed by atoms with Gasteiger partial charge in [-0.25, -0.2) is 4.39 Å². The van der Waals surface area contributed by atoms with Crippen LogP contribution in [0.5, 0.6) is 11.5 Å². The minimum absolute atomic E-state index is 0.200. The third-order valence-corrected chi connectivity index (χ3v) is 3.06. The van der Waals surface area contributed by atoms with Crippen LogP contribution in [0.2, 0.25) is 5.02 Å². The van der Waals surface area contributed by atoms with Crippen LogP contribution in [-0.2, 0) is 6.54 Å². The molecule has 0 aromatic heterocycles. The maximum Gasteiger partial charge on any atom is 0.165 e. The van der Waals surface area contributed by atoms with E-state index in [-0.39, 0.29) is 11.6 Å². The van der Waals surface area contributed by atoms with E-state index in [0.29, 0.717) is 17.3 Å². The molecule has 0 atom stereocenters. The fraction of sp³-hybridized carbons (Fsp3) is 0.250. The molecular weight excluding hydrogens is 277 g/mol. The van der Waals surface area contributed by atoms with Crippen molar-refractivity contribution < 1.29 is 9.13 Å². The molecule has 20 heavy (non-hydrogen) atoms. The molecule has 2 aromatic rings. The van der Waals surface area contributed by atoms with Crippen molar-refractivity contribution in [2.45, 2.75) is 19.9 Å². The third kappa shape index (κ3) is 3.95. The summed E-state index contributed by atoms with van der Waals surface area (Å²) < 4.78 is 19.3. The number of hydrogen-bond donors (Lipinski definition) is 1. The van der Waals surface area contributed by atoms with Gasteiger partial charge in [0.15, 0.2) is 11.6 Å². The lowest BCUT2D eigenvalue weighted by Gasteiger charge is -2.12. The Hall–Kier alpha value is -1.58. The Balaban J connectivity index is 2.21. The highest BCUT2D eigenvalue weighted by Crippen LogP contribution is 2.29. The minimum atomic E-state index is -0.389. The molecule has 2 aromatic carbocycles. The van der Waals surface area contributed by atoms with Crippen molar-refractivity contribution in [3.63, 3.8) is 0 Å². The standard InChI is InChI=1S/C16H17ClFNO/c1-2-9-19-11-12-7-8-13(17)10-16(12)20-15-6-4-3-5-14(15)18/h3-8,10,19H,2,9,11H2,1H3. The quantitative estimate of drug-likeness (QED) is 0.775. The molecule has 2 nitrogen and oxygen atoms in total. The van der Waals surface area contributed by atoms with Gasteiger partial charge in [-0.3, -0.25) is 0 Å². The maximum atomic E-state index is 13.6. The molecule has 0 saturated heterocycles. The van der Waals surface area contributed by atoms with Gasteiger partial charge < -0.3 is 10.1 Å². The molecule has 0 spiro atoms. The first-order valence-electron chi connectivity index (χ1n) is 6.62. The predicted molar refractivity (Wildman–Crippen MR) is 79.9 cm³/mol. The number of hydrogen-bond acceptors (Lipinski definition) is 2. The molecule has 0 aliphatic heterocycles. The van der Waals surface area contributed by atoms with Crippen LogP contribution in [0, 0.1) is 5.82 Å². The Labute approximate surface area is 123 Å². The van der Waals surface area contributed by atoms with Gasteiger partial charge in [0.05, 0.1) is 0 Å². The molecule has 0 bridgehead atoms. The average Bonchev–Trinajstić information content (AvgIpc) is 2.44. The zero-order valence-electron chi connectivity index (χ0n) is 11.3. The molecule has 0 unspecified atom stereocenters. The van der Waals surface area contributed by atoms with E-state index in [1.165, 1.54) is 6.07 Å². The van der Waals surface area contributed by atoms with E-state index in [1.807, 2.05) is 6.07 Å². The Bertz CT molecular complexity index is 574. The second-order valence-corrected chi connectivity index (χ2v) is 4.90. The van der Waals surface area contributed by atoms with E-state index in [9.17, 15) is 4.39 Å². The number of ether oxygens (including phenoxy) is 1. The van der Waals surface area contributed by atoms with Crippen molar-refractivity contribution in [1.29, 1.82) is 0 Å². The molecule has 0 fully saturated rings. The van der Waals surface area contributed by atoms with Crippen LogP contribution in [0.25, 0.3) is 0 Å². The fourth-order valence-corrected chi connectivity index (χ4v) is 1.98. The van der Waals surface area contributed by atoms with Gasteiger partial charge in [-0.2, -0.15) is 0 Å². The fourth-order valence-electron chi connectivity index (χ4n) is 1.82. The molecule has 0 aliphatic carbocycles. The topological polar surface area (TPSA) is 21.3 Å². The first-order chi connectivity index (χ1) is 9.70. The Kier molecular flexibility index (Phi) is 5.39. The van der Waals surface area contributed by atoms with Crippen LogP contribution in [0.4, 0.5) is 4.39 Å². The highest BCUT2D eigenvalue weighted by atomic mass is 35.5. The summed E-state index contributed by atoms with van der Waals surface area (Å²) in [5, 5.41) is 3.86. The van der Waals surface area contributed by atoms with Crippen LogP contribution in [0.1, 0.15) is 18.9 Å². The van der Waals surface area contributed by atoms with Gasteiger partial charge >= 0.3 is 0 Å². The number of benzene rings is 2. The van der Waals surface area contributed by atoms with Crippen molar-refractivity contribution in [3.8, 4) is 11.5 Å². The van der Waals surface area contributed by atoms with Gasteiger partial charge in [0, 0.05) is 17.1 Å². The first-order valence-corrected chi connectivity index (χ1v) is 7.00. The van der Waals surface area contributed by atoms with Gasteiger partial charge in [-0.15, -0.1) is 0 Å². The van der Waals surface area contributed by atoms with Gasteiger partial charge in [-0.1, -0.05) is 36.7 Å². The van der Waals surface area contributed by atoms with Crippen LogP contribution in [0.15, 0.2) is 42.5 Å². The van der Waals surface area contributed by atoms with E-state index in [1.54, 1.807) is 30.3 Å². The van der Waals surface area contributed by atoms with E-state index in [2.05, 4.69) is 12.2 Å². The second kappa shape index (κ2) is 7.27. The number of halogens is 2. The van der Waals surface area contributed by atoms with Crippen LogP contribution >= 0.6 is 11.6 Å². The largest absolute Gasteiger partial charge is 0.454 e. The summed E-state index contributed by atoms with van der Waals surface area (Å²) in [6, 6.07) is 11.7. The van der Waals surface area contributed by atoms with E-state index < -0.39 is 0 Å². The molecule has 2 rings (SSSR count). The monoisotopic (exact) mass is 293 g/mol. The van der Waals surface area contributed by atoms with E-state index >= 15 is 0 Å². The highest BCUT2D eigenvalue weighted by molar-refractivity contribution is 6.30. The SMILES string of the molecule is CCCNCc1ccc(Cl)cc1Oc1ccccc1F. The van der Waals surface area contributed by atoms with Crippen molar-refractivity contribution in [2.75, 3.05) is 6.54 Å². The van der Waals surface area contributed by atoms with Crippen LogP contribution in [0.3, 0.4) is 0 Å². The second-order valence-electron chi connectivity index (χ2n) is 4.46. The summed E-state index contributed by atoms with van der Waals surface area (Å²) in [5.74, 6) is 0.387. The lowest BCUT2D eigenvalue weighted by Crippen LogP contribution is -2.14. The van der Waals surface area contributed by atoms with Gasteiger partial charge in [0.25, 0.3) is 0 Å². The molecule has 0 aliphatic rings. The van der Waals surface area contributed by atoms with E-state index in [4.69, 9.17) is 16.3 Å². The third-order valence-electron chi connectivity index (χ3n) is 2.83. The lowest BCUT2D eigenvalue weighted by molar-refractivity contribution is 0.436. The number of rotatable bonds is 6. The predicted octanol–water partition coefficient (Wildman–Crippen LogP) is 4.77. The molecule has 0 amide bonds. The van der Waals surface area contributed by atoms with E-state index in [0.717, 1.165) is 18.5 Å². The Morgan fingerprint density at radius 1 is 1.15 bits per heavy atom. The summed E-state index contributed by atoms with van der Waals surface area (Å²) in [6.45, 7) is 3.68. The first kappa shape index (κ1) is 14.8. The van der Waals surface area contributed by atoms with Gasteiger partial charge in [-0.05, 0) is 37.2 Å². The van der Waals surface area contributed by atoms with Gasteiger partial charge in [0.2, 0.25) is 0 Å². The van der Waals surface area contributed by atoms with Crippen molar-refractivity contribution in [1.82, 2.24) is 5.32 Å². The number of para-hydroxylation sites is 1. The zero-order chi connectivity index (χ0) is 14.4. The molecule has 0 saturated carbocycles. The van der Waals surface area contributed by atoms with Crippen molar-refractivity contribution >= 4 is 11.6 Å². The van der Waals surface area contributed by atoms with Crippen LogP contribution in [-0.4, -0.2) is 6.54 Å². The highest BCUT2D eigenvalue weighted by Gasteiger charge is 2.09. The summed E-state index contributed by atoms with van der Waals surface area (Å²) in [5.41, 5.74) is 0.950. The maximum absolute atomic E-state index is 13.6. The van der Waals surface area contributed by atoms with Crippen LogP contribution < -0.4 is 10.1 Å². The normalized spacial score (nSPS) is 10.6. The van der Waals surface area contributed by atoms with Gasteiger partial charge in [0.1, 0.15) is 5.75 Å². The number of nitrogens with one attached hydrogen (secondary N) is 1. The zero-order valence-corrected chi connectivity index (χ0v) is 12.1. The summed E-state index contributed by atoms with van der Waals surface area (Å²) in [7, 11) is 0. The molecule has 4 heteroatoms. The minimum Gasteiger partial charge on any atom is -0.454 e. The molecule has 106 valence electrons. The molecule has 0 heterocycles. The molecular formula is C16H17ClFNO. The summed E-state index contributed by atoms with van der Waals surface area (Å²) >= 11 is 5.99. The van der Waals surface area contributed by atoms with Crippen molar-refractivity contribution in [3.05, 3.63) is 58.9 Å². The summed E-state index contributed by atoms with van der Waals surface area (Å²) in [4.78, 5) is 0. The average molecular weight is 294 g/mol. The van der Waals surface area contributed by atoms with Crippen molar-refractivity contribution in [2.24, 2.45) is 0 Å². The molecule has 0 radical (unpaired) electrons. The lowest BCUT2D eigenvalue weighted by atomic mass is 10.2.